The minimum atomic E-state index is -0.711. The first kappa shape index (κ1) is 9.83. The van der Waals surface area contributed by atoms with E-state index in [1.807, 2.05) is 0 Å². The smallest absolute Gasteiger partial charge is 0.109 e. The van der Waals surface area contributed by atoms with Gasteiger partial charge in [-0.25, -0.2) is 0 Å². The van der Waals surface area contributed by atoms with Gasteiger partial charge in [0.25, 0.3) is 0 Å². The average Bonchev–Trinajstić information content (AvgIpc) is 2.92. The lowest BCUT2D eigenvalue weighted by Crippen LogP contribution is -2.53. The summed E-state index contributed by atoms with van der Waals surface area (Å²) in [5, 5.41) is 19.8. The van der Waals surface area contributed by atoms with Crippen LogP contribution < -0.4 is 0 Å². The monoisotopic (exact) mass is 226 g/mol. The zero-order valence-corrected chi connectivity index (χ0v) is 9.48. The molecule has 0 aliphatic carbocycles. The van der Waals surface area contributed by atoms with E-state index < -0.39 is 12.2 Å². The Labute approximate surface area is 94.5 Å². The zero-order chi connectivity index (χ0) is 11.2. The van der Waals surface area contributed by atoms with E-state index in [4.69, 9.17) is 9.47 Å². The fourth-order valence-electron chi connectivity index (χ4n) is 4.53. The molecule has 0 amide bonds. The fourth-order valence-corrected chi connectivity index (χ4v) is 4.53. The summed E-state index contributed by atoms with van der Waals surface area (Å²) in [6.07, 6.45) is -1.37. The van der Waals surface area contributed by atoms with Gasteiger partial charge in [0.1, 0.15) is 12.2 Å². The largest absolute Gasteiger partial charge is 0.388 e. The van der Waals surface area contributed by atoms with Crippen LogP contribution in [-0.2, 0) is 9.47 Å². The van der Waals surface area contributed by atoms with E-state index in [0.29, 0.717) is 23.7 Å². The third kappa shape index (κ3) is 0.849. The predicted molar refractivity (Wildman–Crippen MR) is 54.6 cm³/mol. The van der Waals surface area contributed by atoms with Gasteiger partial charge in [-0.3, -0.25) is 0 Å². The molecule has 4 bridgehead atoms. The summed E-state index contributed by atoms with van der Waals surface area (Å²) in [6, 6.07) is 0. The number of aliphatic hydroxyl groups excluding tert-OH is 2. The topological polar surface area (TPSA) is 58.9 Å². The second-order valence-electron chi connectivity index (χ2n) is 5.98. The summed E-state index contributed by atoms with van der Waals surface area (Å²) >= 11 is 0. The number of rotatable bonds is 0. The number of aliphatic hydroxyl groups is 2. The maximum absolute atomic E-state index is 9.88. The van der Waals surface area contributed by atoms with Crippen molar-refractivity contribution in [3.05, 3.63) is 0 Å². The highest BCUT2D eigenvalue weighted by Gasteiger charge is 2.71. The quantitative estimate of drug-likeness (QED) is 0.599. The standard InChI is InChI=1S/C12H18O4/c1-3-4(2)10-6-5(9(3)15-10)11-7(13)8(14)12(6)16-11/h3-14H,1-2H3. The zero-order valence-electron chi connectivity index (χ0n) is 9.48. The molecule has 0 radical (unpaired) electrons. The van der Waals surface area contributed by atoms with Gasteiger partial charge in [-0.15, -0.1) is 0 Å². The van der Waals surface area contributed by atoms with Crippen LogP contribution in [0.2, 0.25) is 0 Å². The summed E-state index contributed by atoms with van der Waals surface area (Å²) in [5.41, 5.74) is 0. The molecule has 0 aromatic heterocycles. The summed E-state index contributed by atoms with van der Waals surface area (Å²) in [6.45, 7) is 4.45. The third-order valence-electron chi connectivity index (χ3n) is 5.48. The van der Waals surface area contributed by atoms with Crippen molar-refractivity contribution in [1.82, 2.24) is 0 Å². The maximum Gasteiger partial charge on any atom is 0.109 e. The van der Waals surface area contributed by atoms with Crippen LogP contribution in [0.5, 0.6) is 0 Å². The Bertz CT molecular complexity index is 273. The lowest BCUT2D eigenvalue weighted by Gasteiger charge is -2.38. The normalized spacial score (nSPS) is 71.2. The minimum absolute atomic E-state index is 0.199. The highest BCUT2D eigenvalue weighted by Crippen LogP contribution is 2.60. The molecule has 4 aliphatic heterocycles. The molecule has 4 nitrogen and oxygen atoms in total. The van der Waals surface area contributed by atoms with Crippen molar-refractivity contribution in [2.45, 2.75) is 50.5 Å². The van der Waals surface area contributed by atoms with Crippen molar-refractivity contribution in [3.63, 3.8) is 0 Å². The molecule has 4 rings (SSSR count). The van der Waals surface area contributed by atoms with Crippen molar-refractivity contribution >= 4 is 0 Å². The van der Waals surface area contributed by atoms with E-state index in [1.165, 1.54) is 0 Å². The number of ether oxygens (including phenoxy) is 2. The molecular formula is C12H18O4. The lowest BCUT2D eigenvalue weighted by atomic mass is 9.63. The molecule has 16 heavy (non-hydrogen) atoms. The summed E-state index contributed by atoms with van der Waals surface area (Å²) in [4.78, 5) is 0. The van der Waals surface area contributed by atoms with Crippen LogP contribution in [-0.4, -0.2) is 46.8 Å². The molecule has 0 aromatic carbocycles. The van der Waals surface area contributed by atoms with Crippen molar-refractivity contribution in [1.29, 1.82) is 0 Å². The van der Waals surface area contributed by atoms with Crippen LogP contribution in [0.4, 0.5) is 0 Å². The van der Waals surface area contributed by atoms with E-state index in [2.05, 4.69) is 13.8 Å². The molecule has 0 saturated carbocycles. The molecule has 0 spiro atoms. The second kappa shape index (κ2) is 2.80. The van der Waals surface area contributed by atoms with E-state index in [9.17, 15) is 10.2 Å². The molecule has 4 saturated heterocycles. The van der Waals surface area contributed by atoms with Gasteiger partial charge < -0.3 is 19.7 Å². The SMILES string of the molecule is CC1C(C)C2OC1C1C3OC(C(O)C3O)C21. The van der Waals surface area contributed by atoms with Crippen LogP contribution >= 0.6 is 0 Å². The first-order valence-corrected chi connectivity index (χ1v) is 6.28. The Morgan fingerprint density at radius 2 is 1.06 bits per heavy atom. The number of fused-ring (bicyclic) bond motifs is 9. The van der Waals surface area contributed by atoms with Gasteiger partial charge in [0.05, 0.1) is 24.4 Å². The summed E-state index contributed by atoms with van der Waals surface area (Å²) in [7, 11) is 0. The molecule has 10 atom stereocenters. The van der Waals surface area contributed by atoms with E-state index >= 15 is 0 Å². The highest BCUT2D eigenvalue weighted by molar-refractivity contribution is 5.17. The van der Waals surface area contributed by atoms with Crippen LogP contribution in [0, 0.1) is 23.7 Å². The predicted octanol–water partition coefficient (Wildman–Crippen LogP) is -0.225. The van der Waals surface area contributed by atoms with E-state index in [-0.39, 0.29) is 24.4 Å². The Morgan fingerprint density at radius 1 is 0.688 bits per heavy atom. The molecule has 4 fully saturated rings. The molecule has 10 unspecified atom stereocenters. The molecular weight excluding hydrogens is 208 g/mol. The Kier molecular flexibility index (Phi) is 1.72. The van der Waals surface area contributed by atoms with Gasteiger partial charge in [-0.05, 0) is 11.8 Å². The Balaban J connectivity index is 1.73. The van der Waals surface area contributed by atoms with Gasteiger partial charge in [-0.2, -0.15) is 0 Å². The fraction of sp³-hybridized carbons (Fsp3) is 1.00. The van der Waals surface area contributed by atoms with Crippen LogP contribution in [0.25, 0.3) is 0 Å². The molecule has 90 valence electrons. The van der Waals surface area contributed by atoms with Gasteiger partial charge in [0, 0.05) is 11.8 Å². The lowest BCUT2D eigenvalue weighted by molar-refractivity contribution is -0.0319. The average molecular weight is 226 g/mol. The third-order valence-corrected chi connectivity index (χ3v) is 5.48. The Hall–Kier alpha value is -0.160. The van der Waals surface area contributed by atoms with Crippen LogP contribution in [0.1, 0.15) is 13.8 Å². The van der Waals surface area contributed by atoms with Crippen molar-refractivity contribution < 1.29 is 19.7 Å². The number of hydrogen-bond acceptors (Lipinski definition) is 4. The second-order valence-corrected chi connectivity index (χ2v) is 5.98. The highest BCUT2D eigenvalue weighted by atomic mass is 16.6. The van der Waals surface area contributed by atoms with Crippen LogP contribution in [0.3, 0.4) is 0 Å². The van der Waals surface area contributed by atoms with Gasteiger partial charge in [0.15, 0.2) is 0 Å². The minimum Gasteiger partial charge on any atom is -0.388 e. The summed E-state index contributed by atoms with van der Waals surface area (Å²) in [5.74, 6) is 1.69. The van der Waals surface area contributed by atoms with Crippen LogP contribution in [0.15, 0.2) is 0 Å². The molecule has 2 N–H and O–H groups in total. The number of hydrogen-bond donors (Lipinski definition) is 2. The van der Waals surface area contributed by atoms with E-state index in [1.54, 1.807) is 0 Å². The van der Waals surface area contributed by atoms with Gasteiger partial charge >= 0.3 is 0 Å². The molecule has 4 aliphatic rings. The van der Waals surface area contributed by atoms with Crippen molar-refractivity contribution in [3.8, 4) is 0 Å². The first-order chi connectivity index (χ1) is 7.61. The van der Waals surface area contributed by atoms with Gasteiger partial charge in [0.2, 0.25) is 0 Å². The van der Waals surface area contributed by atoms with Crippen molar-refractivity contribution in [2.75, 3.05) is 0 Å². The first-order valence-electron chi connectivity index (χ1n) is 6.28. The molecule has 4 heteroatoms. The molecule has 4 heterocycles. The maximum atomic E-state index is 9.88. The summed E-state index contributed by atoms with van der Waals surface area (Å²) < 4.78 is 11.8. The van der Waals surface area contributed by atoms with E-state index in [0.717, 1.165) is 0 Å². The Morgan fingerprint density at radius 3 is 1.50 bits per heavy atom. The van der Waals surface area contributed by atoms with Gasteiger partial charge in [-0.1, -0.05) is 13.8 Å². The molecule has 0 aromatic rings. The van der Waals surface area contributed by atoms with Crippen molar-refractivity contribution in [2.24, 2.45) is 23.7 Å².